The molecule has 7 heteroatoms. The van der Waals surface area contributed by atoms with Gasteiger partial charge in [-0.05, 0) is 50.2 Å². The summed E-state index contributed by atoms with van der Waals surface area (Å²) in [6.07, 6.45) is 0. The van der Waals surface area contributed by atoms with Gasteiger partial charge in [-0.2, -0.15) is 0 Å². The number of carbonyl (C=O) groups is 2. The predicted octanol–water partition coefficient (Wildman–Crippen LogP) is 2.54. The van der Waals surface area contributed by atoms with Crippen molar-refractivity contribution in [1.29, 1.82) is 0 Å². The van der Waals surface area contributed by atoms with Crippen LogP contribution < -0.4 is 10.2 Å². The normalized spacial score (nSPS) is 11.8. The van der Waals surface area contributed by atoms with E-state index in [1.165, 1.54) is 11.3 Å². The van der Waals surface area contributed by atoms with Gasteiger partial charge in [0.1, 0.15) is 6.54 Å². The number of carbonyl (C=O) groups excluding carboxylic acids is 2. The van der Waals surface area contributed by atoms with Gasteiger partial charge in [0.15, 0.2) is 6.54 Å². The molecule has 1 atom stereocenters. The third-order valence-electron chi connectivity index (χ3n) is 4.03. The Morgan fingerprint density at radius 1 is 1.12 bits per heavy atom. The summed E-state index contributed by atoms with van der Waals surface area (Å²) in [5.74, 6) is -0.0559. The van der Waals surface area contributed by atoms with Gasteiger partial charge in [-0.1, -0.05) is 11.6 Å². The van der Waals surface area contributed by atoms with E-state index >= 15 is 0 Å². The Labute approximate surface area is 163 Å². The average molecular weight is 395 g/mol. The molecule has 1 heterocycles. The first kappa shape index (κ1) is 20.4. The van der Waals surface area contributed by atoms with Gasteiger partial charge in [-0.15, -0.1) is 11.3 Å². The highest BCUT2D eigenvalue weighted by Gasteiger charge is 2.14. The van der Waals surface area contributed by atoms with E-state index in [0.717, 1.165) is 20.7 Å². The third-order valence-corrected chi connectivity index (χ3v) is 5.26. The van der Waals surface area contributed by atoms with Gasteiger partial charge >= 0.3 is 0 Å². The summed E-state index contributed by atoms with van der Waals surface area (Å²) in [5.41, 5.74) is 1.32. The summed E-state index contributed by atoms with van der Waals surface area (Å²) in [4.78, 5) is 28.5. The quantitative estimate of drug-likeness (QED) is 0.722. The fourth-order valence-electron chi connectivity index (χ4n) is 2.68. The molecule has 1 aromatic carbocycles. The predicted molar refractivity (Wildman–Crippen MR) is 107 cm³/mol. The fourth-order valence-corrected chi connectivity index (χ4v) is 3.88. The van der Waals surface area contributed by atoms with Crippen molar-refractivity contribution in [3.63, 3.8) is 0 Å². The first-order chi connectivity index (χ1) is 12.4. The summed E-state index contributed by atoms with van der Waals surface area (Å²) >= 11 is 7.47. The van der Waals surface area contributed by atoms with Crippen LogP contribution in [0.4, 0.5) is 5.69 Å². The second-order valence-corrected chi connectivity index (χ2v) is 7.92. The third kappa shape index (κ3) is 5.83. The van der Waals surface area contributed by atoms with Gasteiger partial charge in [0.25, 0.3) is 11.8 Å². The molecule has 0 fully saturated rings. The SMILES string of the molecule is CCN(CC)C(=O)c1ccc(NC(=O)C[NH+](C)Cc2ccc(Cl)s2)cc1. The number of halogens is 1. The lowest BCUT2D eigenvalue weighted by Crippen LogP contribution is -3.08. The largest absolute Gasteiger partial charge is 0.339 e. The molecule has 5 nitrogen and oxygen atoms in total. The van der Waals surface area contributed by atoms with E-state index in [2.05, 4.69) is 5.32 Å². The second kappa shape index (κ2) is 9.71. The monoisotopic (exact) mass is 394 g/mol. The van der Waals surface area contributed by atoms with Crippen LogP contribution in [-0.2, 0) is 11.3 Å². The molecule has 140 valence electrons. The Balaban J connectivity index is 1.87. The van der Waals surface area contributed by atoms with Crippen LogP contribution in [0.5, 0.6) is 0 Å². The smallest absolute Gasteiger partial charge is 0.279 e. The lowest BCUT2D eigenvalue weighted by Gasteiger charge is -2.18. The molecule has 2 N–H and O–H groups in total. The van der Waals surface area contributed by atoms with Crippen LogP contribution in [0.15, 0.2) is 36.4 Å². The number of anilines is 1. The van der Waals surface area contributed by atoms with Crippen LogP contribution in [0, 0.1) is 0 Å². The standard InChI is InChI=1S/C19H24ClN3O2S/c1-4-23(5-2)19(25)14-6-8-15(9-7-14)21-18(24)13-22(3)12-16-10-11-17(20)26-16/h6-11H,4-5,12-13H2,1-3H3,(H,21,24)/p+1. The second-order valence-electron chi connectivity index (χ2n) is 6.12. The minimum Gasteiger partial charge on any atom is -0.339 e. The molecule has 0 saturated heterocycles. The molecule has 0 saturated carbocycles. The van der Waals surface area contributed by atoms with E-state index < -0.39 is 0 Å². The summed E-state index contributed by atoms with van der Waals surface area (Å²) < 4.78 is 0.761. The summed E-state index contributed by atoms with van der Waals surface area (Å²) in [5, 5.41) is 2.88. The number of amides is 2. The Morgan fingerprint density at radius 2 is 1.77 bits per heavy atom. The number of nitrogens with one attached hydrogen (secondary N) is 2. The van der Waals surface area contributed by atoms with E-state index in [0.29, 0.717) is 30.9 Å². The number of hydrogen-bond acceptors (Lipinski definition) is 3. The minimum absolute atomic E-state index is 0.00617. The summed E-state index contributed by atoms with van der Waals surface area (Å²) in [7, 11) is 1.97. The van der Waals surface area contributed by atoms with Crippen LogP contribution in [-0.4, -0.2) is 43.4 Å². The zero-order valence-corrected chi connectivity index (χ0v) is 16.9. The van der Waals surface area contributed by atoms with E-state index in [4.69, 9.17) is 11.6 Å². The number of rotatable bonds is 8. The first-order valence-electron chi connectivity index (χ1n) is 8.67. The van der Waals surface area contributed by atoms with Crippen molar-refractivity contribution in [1.82, 2.24) is 4.90 Å². The van der Waals surface area contributed by atoms with Crippen molar-refractivity contribution in [2.24, 2.45) is 0 Å². The molecule has 2 aromatic rings. The summed E-state index contributed by atoms with van der Waals surface area (Å²) in [6.45, 7) is 6.38. The van der Waals surface area contributed by atoms with Gasteiger partial charge in [-0.25, -0.2) is 0 Å². The van der Waals surface area contributed by atoms with Gasteiger partial charge in [0.2, 0.25) is 0 Å². The molecule has 26 heavy (non-hydrogen) atoms. The van der Waals surface area contributed by atoms with Crippen LogP contribution in [0.3, 0.4) is 0 Å². The Morgan fingerprint density at radius 3 is 2.31 bits per heavy atom. The zero-order valence-electron chi connectivity index (χ0n) is 15.3. The van der Waals surface area contributed by atoms with Crippen molar-refractivity contribution in [2.45, 2.75) is 20.4 Å². The number of thiophene rings is 1. The molecule has 2 amide bonds. The van der Waals surface area contributed by atoms with E-state index in [1.54, 1.807) is 29.2 Å². The molecule has 1 unspecified atom stereocenters. The van der Waals surface area contributed by atoms with Crippen molar-refractivity contribution in [2.75, 3.05) is 32.0 Å². The van der Waals surface area contributed by atoms with Gasteiger partial charge < -0.3 is 15.1 Å². The van der Waals surface area contributed by atoms with Crippen molar-refractivity contribution in [3.8, 4) is 0 Å². The van der Waals surface area contributed by atoms with Crippen LogP contribution >= 0.6 is 22.9 Å². The highest BCUT2D eigenvalue weighted by Crippen LogP contribution is 2.20. The molecule has 0 spiro atoms. The average Bonchev–Trinajstić information content (AvgIpc) is 3.01. The van der Waals surface area contributed by atoms with E-state index in [-0.39, 0.29) is 11.8 Å². The Bertz CT molecular complexity index is 741. The lowest BCUT2D eigenvalue weighted by atomic mass is 10.1. The van der Waals surface area contributed by atoms with E-state index in [9.17, 15) is 9.59 Å². The van der Waals surface area contributed by atoms with Crippen LogP contribution in [0.1, 0.15) is 29.1 Å². The Hall–Kier alpha value is -1.89. The molecule has 0 aliphatic carbocycles. The molecule has 0 bridgehead atoms. The zero-order chi connectivity index (χ0) is 19.1. The molecule has 0 aliphatic rings. The molecule has 1 aromatic heterocycles. The summed E-state index contributed by atoms with van der Waals surface area (Å²) in [6, 6.07) is 10.9. The number of quaternary nitrogens is 1. The molecular weight excluding hydrogens is 370 g/mol. The number of nitrogens with zero attached hydrogens (tertiary/aromatic N) is 1. The van der Waals surface area contributed by atoms with E-state index in [1.807, 2.05) is 33.0 Å². The molecule has 0 aliphatic heterocycles. The van der Waals surface area contributed by atoms with Crippen molar-refractivity contribution >= 4 is 40.4 Å². The van der Waals surface area contributed by atoms with Crippen LogP contribution in [0.25, 0.3) is 0 Å². The topological polar surface area (TPSA) is 53.9 Å². The first-order valence-corrected chi connectivity index (χ1v) is 9.87. The van der Waals surface area contributed by atoms with Crippen molar-refractivity contribution in [3.05, 3.63) is 51.2 Å². The number of hydrogen-bond donors (Lipinski definition) is 2. The maximum atomic E-state index is 12.3. The maximum Gasteiger partial charge on any atom is 0.279 e. The Kier molecular flexibility index (Phi) is 7.63. The molecule has 2 rings (SSSR count). The van der Waals surface area contributed by atoms with Crippen LogP contribution in [0.2, 0.25) is 4.34 Å². The van der Waals surface area contributed by atoms with Crippen molar-refractivity contribution < 1.29 is 14.5 Å². The highest BCUT2D eigenvalue weighted by atomic mass is 35.5. The highest BCUT2D eigenvalue weighted by molar-refractivity contribution is 7.16. The van der Waals surface area contributed by atoms with Gasteiger partial charge in [-0.3, -0.25) is 9.59 Å². The number of likely N-dealkylation sites (N-methyl/N-ethyl adjacent to an activating group) is 1. The fraction of sp³-hybridized carbons (Fsp3) is 0.368. The minimum atomic E-state index is -0.0621. The maximum absolute atomic E-state index is 12.3. The van der Waals surface area contributed by atoms with Gasteiger partial charge in [0, 0.05) is 24.3 Å². The number of benzene rings is 1. The van der Waals surface area contributed by atoms with Gasteiger partial charge in [0.05, 0.1) is 16.3 Å². The lowest BCUT2D eigenvalue weighted by molar-refractivity contribution is -0.884. The molecule has 0 radical (unpaired) electrons. The molecular formula is C19H25ClN3O2S+.